The average molecular weight is 426 g/mol. The van der Waals surface area contributed by atoms with Crippen molar-refractivity contribution < 1.29 is 24.0 Å². The molecule has 1 atom stereocenters. The number of hydrogen-bond donors (Lipinski definition) is 2. The second-order valence-electron chi connectivity index (χ2n) is 5.56. The maximum atomic E-state index is 12.1. The number of anilines is 1. The molecule has 0 radical (unpaired) electrons. The van der Waals surface area contributed by atoms with Crippen LogP contribution in [0.2, 0.25) is 5.02 Å². The van der Waals surface area contributed by atoms with E-state index in [4.69, 9.17) is 16.3 Å². The number of nitro benzene ring substituents is 1. The first-order chi connectivity index (χ1) is 13.3. The number of carbonyl (C=O) groups is 3. The summed E-state index contributed by atoms with van der Waals surface area (Å²) in [5, 5.41) is 19.3. The molecule has 148 valence electrons. The summed E-state index contributed by atoms with van der Waals surface area (Å²) in [4.78, 5) is 45.9. The molecular formula is C17H16ClN3O6S. The number of carbonyl (C=O) groups excluding carboxylic acids is 3. The van der Waals surface area contributed by atoms with Gasteiger partial charge in [0.25, 0.3) is 17.5 Å². The number of non-ortho nitro benzene ring substituents is 1. The van der Waals surface area contributed by atoms with Gasteiger partial charge in [-0.05, 0) is 24.4 Å². The van der Waals surface area contributed by atoms with Gasteiger partial charge in [-0.25, -0.2) is 0 Å². The van der Waals surface area contributed by atoms with Crippen LogP contribution in [0.3, 0.4) is 0 Å². The summed E-state index contributed by atoms with van der Waals surface area (Å²) in [6.45, 7) is 1.40. The summed E-state index contributed by atoms with van der Waals surface area (Å²) in [6, 6.07) is 5.24. The van der Waals surface area contributed by atoms with Gasteiger partial charge in [-0.15, -0.1) is 0 Å². The van der Waals surface area contributed by atoms with E-state index in [1.807, 2.05) is 0 Å². The van der Waals surface area contributed by atoms with E-state index in [-0.39, 0.29) is 35.3 Å². The molecule has 1 heterocycles. The van der Waals surface area contributed by atoms with E-state index in [1.54, 1.807) is 16.8 Å². The number of thiophene rings is 1. The van der Waals surface area contributed by atoms with E-state index in [9.17, 15) is 24.5 Å². The molecule has 2 N–H and O–H groups in total. The number of rotatable bonds is 8. The first-order valence-corrected chi connectivity index (χ1v) is 9.34. The molecule has 0 aliphatic heterocycles. The molecule has 2 rings (SSSR count). The molecule has 0 aliphatic carbocycles. The summed E-state index contributed by atoms with van der Waals surface area (Å²) in [7, 11) is 0. The SMILES string of the molecule is CC(OC(=O)CCNC(=O)c1ccsc1)C(=O)Nc1cc([N+](=O)[O-])ccc1Cl. The highest BCUT2D eigenvalue weighted by molar-refractivity contribution is 7.08. The Labute approximate surface area is 168 Å². The Kier molecular flexibility index (Phi) is 7.47. The van der Waals surface area contributed by atoms with Gasteiger partial charge in [0.2, 0.25) is 0 Å². The summed E-state index contributed by atoms with van der Waals surface area (Å²) in [6.07, 6.45) is -1.28. The Bertz CT molecular complexity index is 887. The molecule has 9 nitrogen and oxygen atoms in total. The largest absolute Gasteiger partial charge is 0.452 e. The highest BCUT2D eigenvalue weighted by atomic mass is 35.5. The van der Waals surface area contributed by atoms with Crippen LogP contribution in [0.15, 0.2) is 35.0 Å². The van der Waals surface area contributed by atoms with E-state index in [0.717, 1.165) is 6.07 Å². The predicted molar refractivity (Wildman–Crippen MR) is 104 cm³/mol. The second-order valence-corrected chi connectivity index (χ2v) is 6.75. The zero-order valence-corrected chi connectivity index (χ0v) is 16.2. The third-order valence-electron chi connectivity index (χ3n) is 3.49. The molecule has 1 aromatic carbocycles. The number of hydrogen-bond acceptors (Lipinski definition) is 7. The molecule has 1 aromatic heterocycles. The number of nitrogens with one attached hydrogen (secondary N) is 2. The van der Waals surface area contributed by atoms with Crippen LogP contribution in [0.4, 0.5) is 11.4 Å². The first-order valence-electron chi connectivity index (χ1n) is 8.02. The van der Waals surface area contributed by atoms with Crippen molar-refractivity contribution in [2.75, 3.05) is 11.9 Å². The van der Waals surface area contributed by atoms with E-state index in [2.05, 4.69) is 10.6 Å². The van der Waals surface area contributed by atoms with Crippen molar-refractivity contribution in [1.29, 1.82) is 0 Å². The smallest absolute Gasteiger partial charge is 0.308 e. The quantitative estimate of drug-likeness (QED) is 0.380. The van der Waals surface area contributed by atoms with Gasteiger partial charge in [0, 0.05) is 29.6 Å². The van der Waals surface area contributed by atoms with Crippen molar-refractivity contribution in [1.82, 2.24) is 5.32 Å². The van der Waals surface area contributed by atoms with Crippen LogP contribution in [-0.2, 0) is 14.3 Å². The molecule has 0 fully saturated rings. The van der Waals surface area contributed by atoms with Crippen LogP contribution >= 0.6 is 22.9 Å². The molecule has 0 saturated heterocycles. The molecule has 1 unspecified atom stereocenters. The summed E-state index contributed by atoms with van der Waals surface area (Å²) >= 11 is 7.29. The highest BCUT2D eigenvalue weighted by Gasteiger charge is 2.20. The minimum atomic E-state index is -1.16. The monoisotopic (exact) mass is 425 g/mol. The lowest BCUT2D eigenvalue weighted by atomic mass is 10.2. The number of esters is 1. The topological polar surface area (TPSA) is 128 Å². The van der Waals surface area contributed by atoms with E-state index >= 15 is 0 Å². The number of benzene rings is 1. The maximum Gasteiger partial charge on any atom is 0.308 e. The fraction of sp³-hybridized carbons (Fsp3) is 0.235. The number of amides is 2. The van der Waals surface area contributed by atoms with Crippen molar-refractivity contribution in [2.24, 2.45) is 0 Å². The van der Waals surface area contributed by atoms with Gasteiger partial charge >= 0.3 is 5.97 Å². The van der Waals surface area contributed by atoms with Crippen LogP contribution in [0, 0.1) is 10.1 Å². The lowest BCUT2D eigenvalue weighted by molar-refractivity contribution is -0.384. The van der Waals surface area contributed by atoms with Crippen molar-refractivity contribution in [3.05, 3.63) is 55.7 Å². The van der Waals surface area contributed by atoms with Crippen LogP contribution < -0.4 is 10.6 Å². The first kappa shape index (κ1) is 21.3. The number of ether oxygens (including phenoxy) is 1. The lowest BCUT2D eigenvalue weighted by Gasteiger charge is -2.14. The zero-order chi connectivity index (χ0) is 20.7. The van der Waals surface area contributed by atoms with Crippen LogP contribution in [0.1, 0.15) is 23.7 Å². The summed E-state index contributed by atoms with van der Waals surface area (Å²) in [5.74, 6) is -1.68. The van der Waals surface area contributed by atoms with Gasteiger partial charge in [-0.3, -0.25) is 24.5 Å². The molecule has 0 spiro atoms. The number of nitro groups is 1. The van der Waals surface area contributed by atoms with E-state index in [0.29, 0.717) is 5.56 Å². The minimum absolute atomic E-state index is 0.0341. The Balaban J connectivity index is 1.81. The molecule has 2 aromatic rings. The maximum absolute atomic E-state index is 12.1. The third kappa shape index (κ3) is 6.03. The predicted octanol–water partition coefficient (Wildman–Crippen LogP) is 3.00. The Morgan fingerprint density at radius 1 is 1.32 bits per heavy atom. The number of halogens is 1. The van der Waals surface area contributed by atoms with Crippen LogP contribution in [0.5, 0.6) is 0 Å². The Morgan fingerprint density at radius 2 is 2.07 bits per heavy atom. The number of nitrogens with zero attached hydrogens (tertiary/aromatic N) is 1. The average Bonchev–Trinajstić information content (AvgIpc) is 3.17. The van der Waals surface area contributed by atoms with E-state index in [1.165, 1.54) is 30.4 Å². The van der Waals surface area contributed by atoms with Crippen molar-refractivity contribution >= 4 is 52.1 Å². The van der Waals surface area contributed by atoms with Gasteiger partial charge in [-0.2, -0.15) is 11.3 Å². The van der Waals surface area contributed by atoms with Gasteiger partial charge in [-0.1, -0.05) is 11.6 Å². The van der Waals surface area contributed by atoms with Crippen molar-refractivity contribution in [3.63, 3.8) is 0 Å². The highest BCUT2D eigenvalue weighted by Crippen LogP contribution is 2.26. The van der Waals surface area contributed by atoms with Gasteiger partial charge in [0.15, 0.2) is 6.10 Å². The molecular weight excluding hydrogens is 410 g/mol. The van der Waals surface area contributed by atoms with E-state index < -0.39 is 22.9 Å². The standard InChI is InChI=1S/C17H16ClN3O6S/c1-10(16(23)20-14-8-12(21(25)26)2-3-13(14)18)27-15(22)4-6-19-17(24)11-5-7-28-9-11/h2-3,5,7-10H,4,6H2,1H3,(H,19,24)(H,20,23). The molecule has 28 heavy (non-hydrogen) atoms. The van der Waals surface area contributed by atoms with Gasteiger partial charge < -0.3 is 15.4 Å². The van der Waals surface area contributed by atoms with Gasteiger partial charge in [0.1, 0.15) is 0 Å². The van der Waals surface area contributed by atoms with Crippen molar-refractivity contribution in [2.45, 2.75) is 19.4 Å². The second kappa shape index (κ2) is 9.81. The third-order valence-corrected chi connectivity index (χ3v) is 4.51. The minimum Gasteiger partial charge on any atom is -0.452 e. The molecule has 11 heteroatoms. The Hall–Kier alpha value is -2.98. The normalized spacial score (nSPS) is 11.4. The van der Waals surface area contributed by atoms with Gasteiger partial charge in [0.05, 0.1) is 22.1 Å². The molecule has 0 aliphatic rings. The van der Waals surface area contributed by atoms with Crippen LogP contribution in [0.25, 0.3) is 0 Å². The fourth-order valence-electron chi connectivity index (χ4n) is 2.04. The zero-order valence-electron chi connectivity index (χ0n) is 14.6. The lowest BCUT2D eigenvalue weighted by Crippen LogP contribution is -2.32. The van der Waals surface area contributed by atoms with Crippen LogP contribution in [-0.4, -0.2) is 35.4 Å². The Morgan fingerprint density at radius 3 is 2.71 bits per heavy atom. The summed E-state index contributed by atoms with van der Waals surface area (Å²) in [5.41, 5.74) is 0.289. The summed E-state index contributed by atoms with van der Waals surface area (Å²) < 4.78 is 5.00. The molecule has 0 bridgehead atoms. The molecule has 0 saturated carbocycles. The fourth-order valence-corrected chi connectivity index (χ4v) is 2.84. The van der Waals surface area contributed by atoms with Crippen molar-refractivity contribution in [3.8, 4) is 0 Å². The molecule has 2 amide bonds.